The summed E-state index contributed by atoms with van der Waals surface area (Å²) in [6.45, 7) is 2.63. The molecule has 1 atom stereocenters. The fraction of sp³-hybridized carbons (Fsp3) is 0.417. The number of anilines is 2. The maximum Gasteiger partial charge on any atom is 0.316 e. The second-order valence-electron chi connectivity index (χ2n) is 4.18. The average molecular weight is 235 g/mol. The number of carbonyl (C=O) groups excluding carboxylic acids is 1. The maximum absolute atomic E-state index is 10.6. The number of carbonyl (C=O) groups is 1. The Kier molecular flexibility index (Phi) is 3.82. The summed E-state index contributed by atoms with van der Waals surface area (Å²) in [6, 6.07) is 6.92. The lowest BCUT2D eigenvalue weighted by Crippen LogP contribution is -2.19. The van der Waals surface area contributed by atoms with E-state index in [4.69, 9.17) is 10.5 Å². The minimum atomic E-state index is -0.547. The molecule has 1 aromatic rings. The van der Waals surface area contributed by atoms with Crippen molar-refractivity contribution in [2.24, 2.45) is 11.7 Å². The molecule has 1 aliphatic heterocycles. The topological polar surface area (TPSA) is 76.4 Å². The molecule has 92 valence electrons. The average Bonchev–Trinajstić information content (AvgIpc) is 2.80. The van der Waals surface area contributed by atoms with Gasteiger partial charge in [0.05, 0.1) is 6.61 Å². The lowest BCUT2D eigenvalue weighted by atomic mass is 10.1. The molecule has 0 radical (unpaired) electrons. The number of nitrogens with two attached hydrogens (primary N) is 1. The van der Waals surface area contributed by atoms with Gasteiger partial charge in [0.2, 0.25) is 0 Å². The van der Waals surface area contributed by atoms with Crippen LogP contribution in [0.1, 0.15) is 6.42 Å². The van der Waals surface area contributed by atoms with Crippen LogP contribution in [0.5, 0.6) is 0 Å². The van der Waals surface area contributed by atoms with Gasteiger partial charge in [0.1, 0.15) is 0 Å². The molecule has 5 heteroatoms. The molecule has 0 bridgehead atoms. The van der Waals surface area contributed by atoms with Crippen molar-refractivity contribution in [2.45, 2.75) is 6.42 Å². The van der Waals surface area contributed by atoms with Crippen molar-refractivity contribution in [3.63, 3.8) is 0 Å². The molecule has 0 aromatic heterocycles. The van der Waals surface area contributed by atoms with Gasteiger partial charge in [-0.3, -0.25) is 0 Å². The first-order valence-electron chi connectivity index (χ1n) is 5.72. The number of benzene rings is 1. The summed E-state index contributed by atoms with van der Waals surface area (Å²) >= 11 is 0. The van der Waals surface area contributed by atoms with Crippen LogP contribution in [0.4, 0.5) is 16.2 Å². The van der Waals surface area contributed by atoms with Crippen molar-refractivity contribution < 1.29 is 9.53 Å². The molecule has 4 N–H and O–H groups in total. The summed E-state index contributed by atoms with van der Waals surface area (Å²) in [6.07, 6.45) is 1.12. The number of hydrogen-bond donors (Lipinski definition) is 3. The van der Waals surface area contributed by atoms with E-state index in [0.717, 1.165) is 31.9 Å². The lowest BCUT2D eigenvalue weighted by molar-refractivity contribution is 0.187. The number of ether oxygens (including phenoxy) is 1. The third-order valence-corrected chi connectivity index (χ3v) is 2.77. The minimum Gasteiger partial charge on any atom is -0.385 e. The molecule has 1 heterocycles. The quantitative estimate of drug-likeness (QED) is 0.742. The molecule has 2 rings (SSSR count). The third-order valence-electron chi connectivity index (χ3n) is 2.77. The Balaban J connectivity index is 1.82. The van der Waals surface area contributed by atoms with Crippen LogP contribution in [0.25, 0.3) is 0 Å². The van der Waals surface area contributed by atoms with Crippen LogP contribution in [-0.2, 0) is 4.74 Å². The maximum atomic E-state index is 10.6. The monoisotopic (exact) mass is 235 g/mol. The number of amides is 2. The number of primary amides is 1. The summed E-state index contributed by atoms with van der Waals surface area (Å²) in [5.41, 5.74) is 6.76. The largest absolute Gasteiger partial charge is 0.385 e. The predicted molar refractivity (Wildman–Crippen MR) is 67.1 cm³/mol. The van der Waals surface area contributed by atoms with E-state index in [-0.39, 0.29) is 0 Å². The van der Waals surface area contributed by atoms with Crippen molar-refractivity contribution in [1.82, 2.24) is 0 Å². The van der Waals surface area contributed by atoms with Crippen molar-refractivity contribution in [1.29, 1.82) is 0 Å². The van der Waals surface area contributed by atoms with Crippen molar-refractivity contribution in [3.05, 3.63) is 24.3 Å². The van der Waals surface area contributed by atoms with E-state index in [1.165, 1.54) is 0 Å². The minimum absolute atomic E-state index is 0.547. The molecule has 2 amide bonds. The molecule has 1 unspecified atom stereocenters. The molecule has 1 aromatic carbocycles. The second-order valence-corrected chi connectivity index (χ2v) is 4.18. The van der Waals surface area contributed by atoms with E-state index in [0.29, 0.717) is 11.6 Å². The fourth-order valence-corrected chi connectivity index (χ4v) is 1.82. The molecular weight excluding hydrogens is 218 g/mol. The zero-order valence-corrected chi connectivity index (χ0v) is 9.61. The summed E-state index contributed by atoms with van der Waals surface area (Å²) < 4.78 is 5.31. The number of rotatable bonds is 4. The molecular formula is C12H17N3O2. The van der Waals surface area contributed by atoms with Crippen molar-refractivity contribution >= 4 is 17.4 Å². The van der Waals surface area contributed by atoms with Crippen LogP contribution in [0.3, 0.4) is 0 Å². The van der Waals surface area contributed by atoms with Gasteiger partial charge < -0.3 is 21.1 Å². The second kappa shape index (κ2) is 5.54. The van der Waals surface area contributed by atoms with Gasteiger partial charge in [-0.15, -0.1) is 0 Å². The van der Waals surface area contributed by atoms with Crippen LogP contribution in [0.15, 0.2) is 24.3 Å². The van der Waals surface area contributed by atoms with Gasteiger partial charge in [0.15, 0.2) is 0 Å². The molecule has 1 fully saturated rings. The van der Waals surface area contributed by atoms with Gasteiger partial charge in [-0.2, -0.15) is 0 Å². The first-order valence-corrected chi connectivity index (χ1v) is 5.72. The summed E-state index contributed by atoms with van der Waals surface area (Å²) in [5, 5.41) is 5.86. The Morgan fingerprint density at radius 1 is 1.35 bits per heavy atom. The molecule has 17 heavy (non-hydrogen) atoms. The molecule has 1 aliphatic rings. The van der Waals surface area contributed by atoms with Gasteiger partial charge in [-0.25, -0.2) is 4.79 Å². The van der Waals surface area contributed by atoms with Crippen LogP contribution in [0, 0.1) is 5.92 Å². The van der Waals surface area contributed by atoms with E-state index in [9.17, 15) is 4.79 Å². The first-order chi connectivity index (χ1) is 8.24. The SMILES string of the molecule is NC(=O)Nc1ccc(NCC2CCOC2)cc1. The van der Waals surface area contributed by atoms with Crippen molar-refractivity contribution in [3.8, 4) is 0 Å². The Morgan fingerprint density at radius 3 is 2.65 bits per heavy atom. The highest BCUT2D eigenvalue weighted by Crippen LogP contribution is 2.16. The van der Waals surface area contributed by atoms with Gasteiger partial charge in [0, 0.05) is 30.4 Å². The Morgan fingerprint density at radius 2 is 2.06 bits per heavy atom. The van der Waals surface area contributed by atoms with E-state index >= 15 is 0 Å². The standard InChI is InChI=1S/C12H17N3O2/c13-12(16)15-11-3-1-10(2-4-11)14-7-9-5-6-17-8-9/h1-4,9,14H,5-8H2,(H3,13,15,16). The van der Waals surface area contributed by atoms with Gasteiger partial charge in [0.25, 0.3) is 0 Å². The van der Waals surface area contributed by atoms with Crippen LogP contribution >= 0.6 is 0 Å². The van der Waals surface area contributed by atoms with Crippen LogP contribution < -0.4 is 16.4 Å². The summed E-state index contributed by atoms with van der Waals surface area (Å²) in [7, 11) is 0. The third kappa shape index (κ3) is 3.64. The van der Waals surface area contributed by atoms with E-state index in [1.807, 2.05) is 24.3 Å². The first kappa shape index (κ1) is 11.7. The molecule has 1 saturated heterocycles. The van der Waals surface area contributed by atoms with Crippen LogP contribution in [-0.4, -0.2) is 25.8 Å². The molecule has 0 spiro atoms. The highest BCUT2D eigenvalue weighted by Gasteiger charge is 2.14. The Labute approximate surface area is 100 Å². The Bertz CT molecular complexity index is 372. The van der Waals surface area contributed by atoms with E-state index < -0.39 is 6.03 Å². The fourth-order valence-electron chi connectivity index (χ4n) is 1.82. The predicted octanol–water partition coefficient (Wildman–Crippen LogP) is 1.63. The highest BCUT2D eigenvalue weighted by atomic mass is 16.5. The molecule has 5 nitrogen and oxygen atoms in total. The number of hydrogen-bond acceptors (Lipinski definition) is 3. The number of urea groups is 1. The summed E-state index contributed by atoms with van der Waals surface area (Å²) in [4.78, 5) is 10.6. The lowest BCUT2D eigenvalue weighted by Gasteiger charge is -2.11. The molecule has 0 aliphatic carbocycles. The smallest absolute Gasteiger partial charge is 0.316 e. The van der Waals surface area contributed by atoms with Gasteiger partial charge in [-0.05, 0) is 30.7 Å². The zero-order valence-electron chi connectivity index (χ0n) is 9.61. The number of nitrogens with one attached hydrogen (secondary N) is 2. The van der Waals surface area contributed by atoms with Crippen LogP contribution in [0.2, 0.25) is 0 Å². The van der Waals surface area contributed by atoms with Gasteiger partial charge >= 0.3 is 6.03 Å². The van der Waals surface area contributed by atoms with Gasteiger partial charge in [-0.1, -0.05) is 0 Å². The van der Waals surface area contributed by atoms with Crippen molar-refractivity contribution in [2.75, 3.05) is 30.4 Å². The van der Waals surface area contributed by atoms with E-state index in [2.05, 4.69) is 10.6 Å². The summed E-state index contributed by atoms with van der Waals surface area (Å²) in [5.74, 6) is 0.596. The Hall–Kier alpha value is -1.75. The molecule has 0 saturated carbocycles. The normalized spacial score (nSPS) is 18.9. The highest BCUT2D eigenvalue weighted by molar-refractivity contribution is 5.87. The van der Waals surface area contributed by atoms with E-state index in [1.54, 1.807) is 0 Å². The zero-order chi connectivity index (χ0) is 12.1.